The van der Waals surface area contributed by atoms with Crippen molar-refractivity contribution in [2.45, 2.75) is 84.1 Å². The fraction of sp³-hybridized carbons (Fsp3) is 0.818. The maximum Gasteiger partial charge on any atom is 0.0129 e. The summed E-state index contributed by atoms with van der Waals surface area (Å²) in [5.41, 5.74) is 3.52. The van der Waals surface area contributed by atoms with Gasteiger partial charge in [-0.1, -0.05) is 43.6 Å². The highest BCUT2D eigenvalue weighted by Crippen LogP contribution is 2.43. The third kappa shape index (κ3) is 4.10. The molecule has 0 saturated heterocycles. The summed E-state index contributed by atoms with van der Waals surface area (Å²) in [7, 11) is 2.41. The van der Waals surface area contributed by atoms with Crippen molar-refractivity contribution < 1.29 is 0 Å². The molecule has 1 nitrogen and oxygen atoms in total. The quantitative estimate of drug-likeness (QED) is 0.567. The first kappa shape index (κ1) is 17.3. The van der Waals surface area contributed by atoms with Crippen LogP contribution in [0, 0.1) is 17.8 Å². The highest BCUT2D eigenvalue weighted by atomic mass is 15.1. The molecule has 1 aliphatic heterocycles. The fourth-order valence-corrected chi connectivity index (χ4v) is 5.45. The van der Waals surface area contributed by atoms with Crippen molar-refractivity contribution in [1.29, 1.82) is 0 Å². The van der Waals surface area contributed by atoms with Gasteiger partial charge in [-0.05, 0) is 89.1 Å². The summed E-state index contributed by atoms with van der Waals surface area (Å²) >= 11 is 0. The maximum atomic E-state index is 2.74. The van der Waals surface area contributed by atoms with Crippen molar-refractivity contribution in [3.05, 3.63) is 23.3 Å². The van der Waals surface area contributed by atoms with Crippen molar-refractivity contribution in [2.75, 3.05) is 13.6 Å². The summed E-state index contributed by atoms with van der Waals surface area (Å²) in [6, 6.07) is 0.803. The van der Waals surface area contributed by atoms with Crippen molar-refractivity contribution in [1.82, 2.24) is 4.90 Å². The van der Waals surface area contributed by atoms with Crippen LogP contribution in [0.5, 0.6) is 0 Å². The zero-order valence-corrected chi connectivity index (χ0v) is 15.7. The number of hydrogen-bond donors (Lipinski definition) is 0. The molecular formula is C22H37N. The summed E-state index contributed by atoms with van der Waals surface area (Å²) in [6.07, 6.45) is 18.8. The Kier molecular flexibility index (Phi) is 6.01. The van der Waals surface area contributed by atoms with Gasteiger partial charge in [0.05, 0.1) is 0 Å². The lowest BCUT2D eigenvalue weighted by Gasteiger charge is -2.43. The predicted molar refractivity (Wildman–Crippen MR) is 101 cm³/mol. The van der Waals surface area contributed by atoms with Gasteiger partial charge in [-0.3, -0.25) is 0 Å². The van der Waals surface area contributed by atoms with E-state index in [-0.39, 0.29) is 0 Å². The highest BCUT2D eigenvalue weighted by molar-refractivity contribution is 5.20. The molecule has 0 amide bonds. The number of allylic oxidation sites excluding steroid dienone is 4. The number of hydrogen-bond acceptors (Lipinski definition) is 1. The summed E-state index contributed by atoms with van der Waals surface area (Å²) in [6.45, 7) is 6.21. The van der Waals surface area contributed by atoms with E-state index in [0.717, 1.165) is 23.8 Å². The molecule has 1 saturated carbocycles. The molecule has 0 aromatic carbocycles. The van der Waals surface area contributed by atoms with Crippen LogP contribution in [-0.2, 0) is 0 Å². The number of rotatable bonds is 2. The van der Waals surface area contributed by atoms with E-state index >= 15 is 0 Å². The molecular weight excluding hydrogens is 278 g/mol. The number of fused-ring (bicyclic) bond motifs is 6. The van der Waals surface area contributed by atoms with E-state index in [9.17, 15) is 0 Å². The van der Waals surface area contributed by atoms with Gasteiger partial charge < -0.3 is 4.90 Å². The Morgan fingerprint density at radius 1 is 1.13 bits per heavy atom. The predicted octanol–water partition coefficient (Wildman–Crippen LogP) is 5.97. The minimum Gasteiger partial charge on any atom is -0.303 e. The molecule has 23 heavy (non-hydrogen) atoms. The van der Waals surface area contributed by atoms with Crippen LogP contribution in [0.3, 0.4) is 0 Å². The summed E-state index contributed by atoms with van der Waals surface area (Å²) < 4.78 is 0. The molecule has 2 aliphatic carbocycles. The summed E-state index contributed by atoms with van der Waals surface area (Å²) in [5.74, 6) is 2.71. The first-order chi connectivity index (χ1) is 11.2. The molecule has 1 fully saturated rings. The van der Waals surface area contributed by atoms with Crippen LogP contribution in [0.25, 0.3) is 0 Å². The SMILES string of the molecule is CCC(C)C1CCC/C=C2/C/C3=C/CCCN(C)C(CC3)C1C2. The molecule has 130 valence electrons. The molecule has 1 heteroatoms. The van der Waals surface area contributed by atoms with Gasteiger partial charge in [0, 0.05) is 6.04 Å². The van der Waals surface area contributed by atoms with Crippen molar-refractivity contribution in [3.63, 3.8) is 0 Å². The van der Waals surface area contributed by atoms with E-state index in [0.29, 0.717) is 0 Å². The second kappa shape index (κ2) is 8.01. The zero-order chi connectivity index (χ0) is 16.2. The van der Waals surface area contributed by atoms with E-state index < -0.39 is 0 Å². The topological polar surface area (TPSA) is 3.24 Å². The Bertz CT molecular complexity index is 447. The van der Waals surface area contributed by atoms with Crippen LogP contribution in [0.15, 0.2) is 23.3 Å². The molecule has 0 aromatic heterocycles. The Labute approximate surface area is 144 Å². The van der Waals surface area contributed by atoms with Crippen LogP contribution in [0.2, 0.25) is 0 Å². The minimum absolute atomic E-state index is 0.803. The first-order valence-corrected chi connectivity index (χ1v) is 10.2. The van der Waals surface area contributed by atoms with Crippen LogP contribution in [0.4, 0.5) is 0 Å². The molecule has 3 aliphatic rings. The lowest BCUT2D eigenvalue weighted by Crippen LogP contribution is -2.44. The molecule has 1 heterocycles. The first-order valence-electron chi connectivity index (χ1n) is 10.2. The van der Waals surface area contributed by atoms with Gasteiger partial charge >= 0.3 is 0 Å². The fourth-order valence-electron chi connectivity index (χ4n) is 5.45. The smallest absolute Gasteiger partial charge is 0.0129 e. The summed E-state index contributed by atoms with van der Waals surface area (Å²) in [4.78, 5) is 2.74. The van der Waals surface area contributed by atoms with Crippen LogP contribution >= 0.6 is 0 Å². The van der Waals surface area contributed by atoms with Crippen LogP contribution in [0.1, 0.15) is 78.1 Å². The normalized spacial score (nSPS) is 39.2. The Morgan fingerprint density at radius 3 is 2.74 bits per heavy atom. The third-order valence-electron chi connectivity index (χ3n) is 7.02. The average molecular weight is 316 g/mol. The van der Waals surface area contributed by atoms with Gasteiger partial charge in [0.15, 0.2) is 0 Å². The highest BCUT2D eigenvalue weighted by Gasteiger charge is 2.36. The largest absolute Gasteiger partial charge is 0.303 e. The Balaban J connectivity index is 1.95. The standard InChI is InChI=1S/C22H37N/c1-4-17(2)20-11-6-5-10-19-15-18-9-7-8-14-23(3)22(13-12-18)21(20)16-19/h9-10,17,20-22H,4-8,11-16H2,1-3H3/b18-9+,19-10-. The van der Waals surface area contributed by atoms with Crippen molar-refractivity contribution in [2.24, 2.45) is 17.8 Å². The maximum absolute atomic E-state index is 2.74. The summed E-state index contributed by atoms with van der Waals surface area (Å²) in [5, 5.41) is 0. The molecule has 4 atom stereocenters. The van der Waals surface area contributed by atoms with Gasteiger partial charge in [0.2, 0.25) is 0 Å². The molecule has 4 bridgehead atoms. The van der Waals surface area contributed by atoms with Gasteiger partial charge in [-0.2, -0.15) is 0 Å². The van der Waals surface area contributed by atoms with E-state index in [1.54, 1.807) is 11.1 Å². The van der Waals surface area contributed by atoms with Gasteiger partial charge in [0.25, 0.3) is 0 Å². The number of nitrogens with zero attached hydrogens (tertiary/aromatic N) is 1. The lowest BCUT2D eigenvalue weighted by atomic mass is 9.68. The molecule has 0 spiro atoms. The zero-order valence-electron chi connectivity index (χ0n) is 15.7. The molecule has 0 radical (unpaired) electrons. The van der Waals surface area contributed by atoms with E-state index in [1.807, 2.05) is 0 Å². The Hall–Kier alpha value is -0.560. The average Bonchev–Trinajstić information content (AvgIpc) is 2.57. The van der Waals surface area contributed by atoms with Crippen LogP contribution in [-0.4, -0.2) is 24.5 Å². The third-order valence-corrected chi connectivity index (χ3v) is 7.02. The van der Waals surface area contributed by atoms with Gasteiger partial charge in [-0.15, -0.1) is 0 Å². The molecule has 0 aromatic rings. The second-order valence-corrected chi connectivity index (χ2v) is 8.48. The van der Waals surface area contributed by atoms with Crippen LogP contribution < -0.4 is 0 Å². The second-order valence-electron chi connectivity index (χ2n) is 8.48. The van der Waals surface area contributed by atoms with Crippen molar-refractivity contribution >= 4 is 0 Å². The van der Waals surface area contributed by atoms with Gasteiger partial charge in [0.1, 0.15) is 0 Å². The van der Waals surface area contributed by atoms with E-state index in [4.69, 9.17) is 0 Å². The lowest BCUT2D eigenvalue weighted by molar-refractivity contribution is 0.0850. The molecule has 4 unspecified atom stereocenters. The Morgan fingerprint density at radius 2 is 1.91 bits per heavy atom. The van der Waals surface area contributed by atoms with Gasteiger partial charge in [-0.25, -0.2) is 0 Å². The monoisotopic (exact) mass is 315 g/mol. The van der Waals surface area contributed by atoms with E-state index in [2.05, 4.69) is 37.9 Å². The van der Waals surface area contributed by atoms with Crippen molar-refractivity contribution in [3.8, 4) is 0 Å². The molecule has 0 N–H and O–H groups in total. The van der Waals surface area contributed by atoms with E-state index in [1.165, 1.54) is 70.8 Å². The minimum atomic E-state index is 0.803. The molecule has 3 rings (SSSR count).